The van der Waals surface area contributed by atoms with E-state index in [-0.39, 0.29) is 0 Å². The van der Waals surface area contributed by atoms with Crippen LogP contribution in [0.15, 0.2) is 18.2 Å². The molecule has 6 nitrogen and oxygen atoms in total. The minimum Gasteiger partial charge on any atom is -0.493 e. The molecule has 1 aromatic carbocycles. The van der Waals surface area contributed by atoms with E-state index in [2.05, 4.69) is 21.9 Å². The van der Waals surface area contributed by atoms with E-state index < -0.39 is 0 Å². The van der Waals surface area contributed by atoms with Gasteiger partial charge in [0, 0.05) is 32.7 Å². The maximum Gasteiger partial charge on any atom is 0.161 e. The van der Waals surface area contributed by atoms with Crippen LogP contribution in [0.1, 0.15) is 12.0 Å². The van der Waals surface area contributed by atoms with E-state index in [1.54, 1.807) is 7.11 Å². The highest BCUT2D eigenvalue weighted by Crippen LogP contribution is 2.28. The highest BCUT2D eigenvalue weighted by molar-refractivity contribution is 5.43. The average molecular weight is 364 g/mol. The quantitative estimate of drug-likeness (QED) is 0.664. The highest BCUT2D eigenvalue weighted by atomic mass is 16.5. The third-order valence-corrected chi connectivity index (χ3v) is 5.04. The number of hydrogen-bond donors (Lipinski definition) is 0. The zero-order valence-electron chi connectivity index (χ0n) is 16.0. The van der Waals surface area contributed by atoms with Crippen molar-refractivity contribution in [3.63, 3.8) is 0 Å². The number of morpholine rings is 2. The molecule has 146 valence electrons. The lowest BCUT2D eigenvalue weighted by Gasteiger charge is -2.26. The Balaban J connectivity index is 1.45. The van der Waals surface area contributed by atoms with Crippen molar-refractivity contribution in [2.45, 2.75) is 12.8 Å². The maximum atomic E-state index is 6.03. The Kier molecular flexibility index (Phi) is 8.01. The summed E-state index contributed by atoms with van der Waals surface area (Å²) in [5, 5.41) is 0. The van der Waals surface area contributed by atoms with Crippen LogP contribution in [0.2, 0.25) is 0 Å². The van der Waals surface area contributed by atoms with E-state index in [0.717, 1.165) is 90.0 Å². The van der Waals surface area contributed by atoms with E-state index in [1.807, 2.05) is 6.07 Å². The molecule has 2 aliphatic rings. The predicted octanol–water partition coefficient (Wildman–Crippen LogP) is 1.67. The van der Waals surface area contributed by atoms with Crippen molar-refractivity contribution in [1.29, 1.82) is 0 Å². The fraction of sp³-hybridized carbons (Fsp3) is 0.700. The molecule has 0 spiro atoms. The number of nitrogens with zero attached hydrogens (tertiary/aromatic N) is 2. The van der Waals surface area contributed by atoms with Gasteiger partial charge in [-0.2, -0.15) is 0 Å². The Hall–Kier alpha value is -1.34. The van der Waals surface area contributed by atoms with Crippen LogP contribution in [0.25, 0.3) is 0 Å². The zero-order chi connectivity index (χ0) is 18.0. The van der Waals surface area contributed by atoms with Gasteiger partial charge in [0.2, 0.25) is 0 Å². The third-order valence-electron chi connectivity index (χ3n) is 5.04. The summed E-state index contributed by atoms with van der Waals surface area (Å²) in [5.41, 5.74) is 1.31. The monoisotopic (exact) mass is 364 g/mol. The fourth-order valence-corrected chi connectivity index (χ4v) is 3.43. The topological polar surface area (TPSA) is 43.4 Å². The van der Waals surface area contributed by atoms with Gasteiger partial charge in [-0.15, -0.1) is 0 Å². The summed E-state index contributed by atoms with van der Waals surface area (Å²) in [6.07, 6.45) is 2.21. The first-order valence-electron chi connectivity index (χ1n) is 9.75. The minimum absolute atomic E-state index is 0.674. The van der Waals surface area contributed by atoms with Gasteiger partial charge in [0.25, 0.3) is 0 Å². The molecule has 0 aliphatic carbocycles. The molecule has 0 bridgehead atoms. The first kappa shape index (κ1) is 19.4. The second kappa shape index (κ2) is 10.7. The molecule has 0 aromatic heterocycles. The summed E-state index contributed by atoms with van der Waals surface area (Å²) in [7, 11) is 1.70. The molecule has 0 saturated carbocycles. The lowest BCUT2D eigenvalue weighted by Crippen LogP contribution is -2.38. The van der Waals surface area contributed by atoms with Gasteiger partial charge in [-0.05, 0) is 37.1 Å². The zero-order valence-corrected chi connectivity index (χ0v) is 16.0. The standard InChI is InChI=1S/C20H32N2O4/c1-23-19-5-4-18(3-2-6-21-7-12-24-13-8-21)17-20(19)26-16-11-22-9-14-25-15-10-22/h4-5,17H,2-3,6-16H2,1H3. The second-order valence-electron chi connectivity index (χ2n) is 6.85. The molecule has 26 heavy (non-hydrogen) atoms. The van der Waals surface area contributed by atoms with Gasteiger partial charge in [-0.1, -0.05) is 6.07 Å². The van der Waals surface area contributed by atoms with Gasteiger partial charge < -0.3 is 18.9 Å². The first-order valence-corrected chi connectivity index (χ1v) is 9.75. The van der Waals surface area contributed by atoms with Gasteiger partial charge in [-0.3, -0.25) is 9.80 Å². The molecule has 0 N–H and O–H groups in total. The van der Waals surface area contributed by atoms with Gasteiger partial charge in [0.1, 0.15) is 6.61 Å². The van der Waals surface area contributed by atoms with Crippen molar-refractivity contribution < 1.29 is 18.9 Å². The van der Waals surface area contributed by atoms with Crippen molar-refractivity contribution in [2.75, 3.05) is 79.4 Å². The molecule has 1 aromatic rings. The van der Waals surface area contributed by atoms with E-state index in [0.29, 0.717) is 6.61 Å². The molecule has 3 rings (SSSR count). The summed E-state index contributed by atoms with van der Waals surface area (Å²) >= 11 is 0. The molecule has 0 amide bonds. The molecule has 2 saturated heterocycles. The Morgan fingerprint density at radius 2 is 1.54 bits per heavy atom. The third kappa shape index (κ3) is 6.13. The lowest BCUT2D eigenvalue weighted by atomic mass is 10.1. The summed E-state index contributed by atoms with van der Waals surface area (Å²) in [4.78, 5) is 4.86. The number of ether oxygens (including phenoxy) is 4. The van der Waals surface area contributed by atoms with Crippen LogP contribution in [0.5, 0.6) is 11.5 Å². The van der Waals surface area contributed by atoms with Crippen molar-refractivity contribution in [2.24, 2.45) is 0 Å². The molecule has 6 heteroatoms. The summed E-state index contributed by atoms with van der Waals surface area (Å²) in [6.45, 7) is 10.2. The van der Waals surface area contributed by atoms with Crippen LogP contribution >= 0.6 is 0 Å². The van der Waals surface area contributed by atoms with Gasteiger partial charge in [-0.25, -0.2) is 0 Å². The number of aryl methyl sites for hydroxylation is 1. The van der Waals surface area contributed by atoms with E-state index in [1.165, 1.54) is 5.56 Å². The largest absolute Gasteiger partial charge is 0.493 e. The summed E-state index contributed by atoms with van der Waals surface area (Å²) in [6, 6.07) is 6.30. The number of benzene rings is 1. The fourth-order valence-electron chi connectivity index (χ4n) is 3.43. The van der Waals surface area contributed by atoms with Crippen LogP contribution in [-0.2, 0) is 15.9 Å². The molecule has 0 atom stereocenters. The van der Waals surface area contributed by atoms with Gasteiger partial charge >= 0.3 is 0 Å². The molecule has 2 aliphatic heterocycles. The smallest absolute Gasteiger partial charge is 0.161 e. The average Bonchev–Trinajstić information content (AvgIpc) is 2.70. The number of methoxy groups -OCH3 is 1. The lowest BCUT2D eigenvalue weighted by molar-refractivity contribution is 0.0321. The van der Waals surface area contributed by atoms with E-state index in [4.69, 9.17) is 18.9 Å². The summed E-state index contributed by atoms with van der Waals surface area (Å²) in [5.74, 6) is 1.66. The normalized spacial score (nSPS) is 19.4. The highest BCUT2D eigenvalue weighted by Gasteiger charge is 2.12. The van der Waals surface area contributed by atoms with Crippen molar-refractivity contribution in [1.82, 2.24) is 9.80 Å². The van der Waals surface area contributed by atoms with Crippen LogP contribution in [0, 0.1) is 0 Å². The van der Waals surface area contributed by atoms with Crippen molar-refractivity contribution in [3.05, 3.63) is 23.8 Å². The maximum absolute atomic E-state index is 6.03. The summed E-state index contributed by atoms with van der Waals surface area (Å²) < 4.78 is 22.3. The minimum atomic E-state index is 0.674. The van der Waals surface area contributed by atoms with Gasteiger partial charge in [0.05, 0.1) is 33.5 Å². The molecule has 2 fully saturated rings. The van der Waals surface area contributed by atoms with Crippen LogP contribution in [0.3, 0.4) is 0 Å². The molecule has 2 heterocycles. The van der Waals surface area contributed by atoms with Crippen LogP contribution in [-0.4, -0.2) is 89.2 Å². The first-order chi connectivity index (χ1) is 12.8. The molecule has 0 radical (unpaired) electrons. The number of rotatable bonds is 9. The molecule has 0 unspecified atom stereocenters. The SMILES string of the molecule is COc1ccc(CCCN2CCOCC2)cc1OCCN1CCOCC1. The van der Waals surface area contributed by atoms with Crippen LogP contribution < -0.4 is 9.47 Å². The Morgan fingerprint density at radius 3 is 2.19 bits per heavy atom. The number of hydrogen-bond acceptors (Lipinski definition) is 6. The van der Waals surface area contributed by atoms with E-state index in [9.17, 15) is 0 Å². The Bertz CT molecular complexity index is 529. The molecular weight excluding hydrogens is 332 g/mol. The van der Waals surface area contributed by atoms with Crippen molar-refractivity contribution >= 4 is 0 Å². The predicted molar refractivity (Wildman–Crippen MR) is 101 cm³/mol. The second-order valence-corrected chi connectivity index (χ2v) is 6.85. The van der Waals surface area contributed by atoms with E-state index >= 15 is 0 Å². The molecular formula is C20H32N2O4. The van der Waals surface area contributed by atoms with Gasteiger partial charge in [0.15, 0.2) is 11.5 Å². The Labute approximate surface area is 157 Å². The van der Waals surface area contributed by atoms with Crippen LogP contribution in [0.4, 0.5) is 0 Å². The van der Waals surface area contributed by atoms with Crippen molar-refractivity contribution in [3.8, 4) is 11.5 Å². The Morgan fingerprint density at radius 1 is 0.885 bits per heavy atom.